The Morgan fingerprint density at radius 1 is 0.731 bits per heavy atom. The zero-order valence-corrected chi connectivity index (χ0v) is 18.4. The molecule has 0 aliphatic heterocycles. The van der Waals surface area contributed by atoms with Crippen LogP contribution in [0.2, 0.25) is 0 Å². The van der Waals surface area contributed by atoms with Crippen molar-refractivity contribution in [3.8, 4) is 0 Å². The summed E-state index contributed by atoms with van der Waals surface area (Å²) in [6, 6.07) is 27.3. The van der Waals surface area contributed by atoms with Crippen LogP contribution in [0.5, 0.6) is 0 Å². The van der Waals surface area contributed by atoms with Gasteiger partial charge >= 0.3 is 168 Å². The summed E-state index contributed by atoms with van der Waals surface area (Å²) in [4.78, 5) is 0.355. The molecule has 0 amide bonds. The van der Waals surface area contributed by atoms with Crippen molar-refractivity contribution in [1.29, 1.82) is 0 Å². The Bertz CT molecular complexity index is 938. The molecule has 0 bridgehead atoms. The van der Waals surface area contributed by atoms with E-state index in [0.29, 0.717) is 4.90 Å². The molecule has 3 aromatic rings. The first kappa shape index (κ1) is 19.2. The van der Waals surface area contributed by atoms with Crippen LogP contribution in [0.15, 0.2) is 98.6 Å². The van der Waals surface area contributed by atoms with Gasteiger partial charge in [-0.05, 0) is 0 Å². The molecule has 0 aliphatic rings. The van der Waals surface area contributed by atoms with E-state index in [2.05, 4.69) is 24.3 Å². The van der Waals surface area contributed by atoms with E-state index in [1.54, 1.807) is 12.1 Å². The number of hydrogen-bond acceptors (Lipinski definition) is 2. The van der Waals surface area contributed by atoms with Gasteiger partial charge in [-0.15, -0.1) is 0 Å². The van der Waals surface area contributed by atoms with Crippen LogP contribution in [-0.2, 0) is 9.84 Å². The van der Waals surface area contributed by atoms with Crippen LogP contribution < -0.4 is 8.92 Å². The van der Waals surface area contributed by atoms with Crippen molar-refractivity contribution in [2.45, 2.75) is 11.8 Å². The van der Waals surface area contributed by atoms with Gasteiger partial charge in [0, 0.05) is 0 Å². The molecule has 0 saturated heterocycles. The summed E-state index contributed by atoms with van der Waals surface area (Å²) in [6.07, 6.45) is 0. The maximum absolute atomic E-state index is 12.9. The summed E-state index contributed by atoms with van der Waals surface area (Å²) in [5, 5.41) is 1.50. The molecule has 3 aromatic carbocycles. The molecule has 0 N–H and O–H groups in total. The predicted octanol–water partition coefficient (Wildman–Crippen LogP) is 2.63. The van der Waals surface area contributed by atoms with Gasteiger partial charge in [0.15, 0.2) is 0 Å². The first-order valence-electron chi connectivity index (χ1n) is 8.02. The zero-order valence-electron chi connectivity index (χ0n) is 14.2. The molecule has 0 spiro atoms. The Morgan fingerprint density at radius 2 is 1.19 bits per heavy atom. The van der Waals surface area contributed by atoms with Gasteiger partial charge in [0.25, 0.3) is 0 Å². The Hall–Kier alpha value is -1.61. The van der Waals surface area contributed by atoms with E-state index < -0.39 is 9.84 Å². The van der Waals surface area contributed by atoms with Crippen molar-refractivity contribution < 1.29 is 8.42 Å². The molecule has 0 saturated carbocycles. The molecule has 5 heteroatoms. The first-order chi connectivity index (χ1) is 12.5. The molecule has 3 rings (SSSR count). The second-order valence-corrected chi connectivity index (χ2v) is 13.4. The average Bonchev–Trinajstić information content (AvgIpc) is 2.63. The summed E-state index contributed by atoms with van der Waals surface area (Å²) in [5.41, 5.74) is 1.05. The van der Waals surface area contributed by atoms with E-state index in [1.165, 1.54) is 14.3 Å². The van der Waals surface area contributed by atoms with E-state index in [-0.39, 0.29) is 29.9 Å². The van der Waals surface area contributed by atoms with Crippen molar-refractivity contribution in [3.63, 3.8) is 0 Å². The van der Waals surface area contributed by atoms with E-state index in [1.807, 2.05) is 55.5 Å². The van der Waals surface area contributed by atoms with Crippen LogP contribution in [0.4, 0.5) is 0 Å². The Labute approximate surface area is 167 Å². The van der Waals surface area contributed by atoms with E-state index in [4.69, 9.17) is 0 Å². The van der Waals surface area contributed by atoms with Crippen LogP contribution in [-0.4, -0.2) is 38.3 Å². The Balaban J connectivity index is 1.95. The fourth-order valence-corrected chi connectivity index (χ4v) is 10.2. The quantitative estimate of drug-likeness (QED) is 0.496. The van der Waals surface area contributed by atoms with Crippen molar-refractivity contribution in [3.05, 3.63) is 99.3 Å². The number of hydrogen-bond donors (Lipinski definition) is 0. The molecule has 26 heavy (non-hydrogen) atoms. The molecule has 2 nitrogen and oxygen atoms in total. The maximum atomic E-state index is 12.9. The molecule has 0 aliphatic carbocycles. The fraction of sp³-hybridized carbons (Fsp3) is 0.0476. The summed E-state index contributed by atoms with van der Waals surface area (Å²) in [6.45, 7) is 1.95. The number of rotatable bonds is 6. The normalized spacial score (nSPS) is 11.1. The van der Waals surface area contributed by atoms with Gasteiger partial charge in [0.2, 0.25) is 0 Å². The van der Waals surface area contributed by atoms with Crippen molar-refractivity contribution in [1.82, 2.24) is 0 Å². The zero-order chi connectivity index (χ0) is 18.4. The third-order valence-corrected chi connectivity index (χ3v) is 11.0. The molecule has 0 atom stereocenters. The Kier molecular flexibility index (Phi) is 6.52. The van der Waals surface area contributed by atoms with E-state index >= 15 is 0 Å². The minimum atomic E-state index is -3.45. The molecule has 0 fully saturated rings. The molecule has 0 heterocycles. The minimum absolute atomic E-state index is 0.0190. The van der Waals surface area contributed by atoms with Gasteiger partial charge in [-0.2, -0.15) is 0 Å². The number of aryl methyl sites for hydroxylation is 1. The topological polar surface area (TPSA) is 34.1 Å². The first-order valence-corrected chi connectivity index (χ1v) is 13.0. The third kappa shape index (κ3) is 5.44. The predicted molar refractivity (Wildman–Crippen MR) is 110 cm³/mol. The monoisotopic (exact) mass is 494 g/mol. The van der Waals surface area contributed by atoms with E-state index in [9.17, 15) is 8.42 Å². The van der Waals surface area contributed by atoms with Crippen LogP contribution in [0, 0.1) is 6.92 Å². The fourth-order valence-electron chi connectivity index (χ4n) is 2.20. The average molecular weight is 492 g/mol. The summed E-state index contributed by atoms with van der Waals surface area (Å²) in [7, 11) is -3.45. The Morgan fingerprint density at radius 3 is 1.65 bits per heavy atom. The molecular formula is C21H18O2SSe2. The van der Waals surface area contributed by atoms with Crippen molar-refractivity contribution in [2.75, 3.05) is 0 Å². The molecule has 0 unspecified atom stereocenters. The van der Waals surface area contributed by atoms with Gasteiger partial charge in [-0.25, -0.2) is 0 Å². The molecule has 0 radical (unpaired) electrons. The second-order valence-electron chi connectivity index (χ2n) is 5.63. The molecule has 132 valence electrons. The van der Waals surface area contributed by atoms with E-state index in [0.717, 1.165) is 8.93 Å². The van der Waals surface area contributed by atoms with Crippen molar-refractivity contribution in [2.24, 2.45) is 0 Å². The molecule has 0 aromatic heterocycles. The summed E-state index contributed by atoms with van der Waals surface area (Å²) in [5.74, 6) is 0. The summed E-state index contributed by atoms with van der Waals surface area (Å²) >= 11 is -0.0380. The third-order valence-electron chi connectivity index (χ3n) is 3.52. The number of benzene rings is 3. The van der Waals surface area contributed by atoms with Crippen molar-refractivity contribution >= 4 is 48.7 Å². The van der Waals surface area contributed by atoms with Gasteiger partial charge < -0.3 is 0 Å². The summed E-state index contributed by atoms with van der Waals surface area (Å²) < 4.78 is 29.1. The SMILES string of the molecule is Cc1ccc(S(=O)(=O)C=C([Se]c2ccccc2)[Se]c2ccccc2)cc1. The van der Waals surface area contributed by atoms with Crippen LogP contribution in [0.1, 0.15) is 5.56 Å². The van der Waals surface area contributed by atoms with Gasteiger partial charge in [-0.3, -0.25) is 0 Å². The molecular weight excluding hydrogens is 474 g/mol. The van der Waals surface area contributed by atoms with Crippen LogP contribution in [0.3, 0.4) is 0 Å². The standard InChI is InChI=1S/C21H18O2SSe2/c1-17-12-14-18(15-13-17)24(22,23)16-21(25-19-8-4-2-5-9-19)26-20-10-6-3-7-11-20/h2-16H,1H3. The van der Waals surface area contributed by atoms with Gasteiger partial charge in [-0.1, -0.05) is 0 Å². The van der Waals surface area contributed by atoms with Gasteiger partial charge in [0.1, 0.15) is 0 Å². The van der Waals surface area contributed by atoms with Crippen LogP contribution >= 0.6 is 0 Å². The second kappa shape index (κ2) is 8.85. The van der Waals surface area contributed by atoms with Gasteiger partial charge in [0.05, 0.1) is 0 Å². The van der Waals surface area contributed by atoms with Crippen LogP contribution in [0.25, 0.3) is 0 Å². The number of sulfone groups is 1.